The fourth-order valence-electron chi connectivity index (χ4n) is 4.07. The third kappa shape index (κ3) is 5.30. The monoisotopic (exact) mass is 487 g/mol. The van der Waals surface area contributed by atoms with E-state index in [1.54, 1.807) is 35.7 Å². The first-order valence-electron chi connectivity index (χ1n) is 11.1. The molecule has 9 heteroatoms. The number of nitrogens with one attached hydrogen (secondary N) is 1. The van der Waals surface area contributed by atoms with Crippen LogP contribution in [0.3, 0.4) is 0 Å². The van der Waals surface area contributed by atoms with E-state index in [2.05, 4.69) is 10.3 Å². The zero-order valence-electron chi connectivity index (χ0n) is 18.6. The molecule has 0 atom stereocenters. The van der Waals surface area contributed by atoms with E-state index in [0.717, 1.165) is 30.0 Å². The van der Waals surface area contributed by atoms with Crippen molar-refractivity contribution in [2.75, 3.05) is 18.4 Å². The Morgan fingerprint density at radius 3 is 2.56 bits per heavy atom. The molecule has 0 bridgehead atoms. The summed E-state index contributed by atoms with van der Waals surface area (Å²) in [7, 11) is 0. The standard InChI is InChI=1S/C25H24F3N3O2S/c1-2-22(32)31-12-10-16(11-13-31)24-30-21(15-34-24)23(33)29-20-9-4-3-8-19(20)17-6-5-7-18(14-17)25(26,27)28/h3-9,14-16H,2,10-13H2,1H3,(H,29,33). The fraction of sp³-hybridized carbons (Fsp3) is 0.320. The number of hydrogen-bond acceptors (Lipinski definition) is 4. The van der Waals surface area contributed by atoms with Crippen molar-refractivity contribution in [3.8, 4) is 11.1 Å². The largest absolute Gasteiger partial charge is 0.416 e. The van der Waals surface area contributed by atoms with Crippen molar-refractivity contribution < 1.29 is 22.8 Å². The average Bonchev–Trinajstić information content (AvgIpc) is 3.34. The van der Waals surface area contributed by atoms with Gasteiger partial charge in [0.15, 0.2) is 0 Å². The zero-order valence-corrected chi connectivity index (χ0v) is 19.4. The number of amides is 2. The summed E-state index contributed by atoms with van der Waals surface area (Å²) in [4.78, 5) is 31.2. The van der Waals surface area contributed by atoms with Crippen LogP contribution in [0.4, 0.5) is 18.9 Å². The van der Waals surface area contributed by atoms with Gasteiger partial charge in [0.1, 0.15) is 5.69 Å². The summed E-state index contributed by atoms with van der Waals surface area (Å²) in [6.45, 7) is 3.22. The number of halogens is 3. The molecule has 0 spiro atoms. The molecule has 1 aliphatic heterocycles. The van der Waals surface area contributed by atoms with Gasteiger partial charge in [-0.15, -0.1) is 11.3 Å². The number of benzene rings is 2. The van der Waals surface area contributed by atoms with Gasteiger partial charge in [-0.1, -0.05) is 37.3 Å². The molecule has 2 amide bonds. The summed E-state index contributed by atoms with van der Waals surface area (Å²) >= 11 is 1.42. The number of anilines is 1. The number of para-hydroxylation sites is 1. The fourth-order valence-corrected chi connectivity index (χ4v) is 5.04. The Kier molecular flexibility index (Phi) is 7.02. The predicted octanol–water partition coefficient (Wildman–Crippen LogP) is 6.20. The minimum atomic E-state index is -4.45. The van der Waals surface area contributed by atoms with Gasteiger partial charge < -0.3 is 10.2 Å². The smallest absolute Gasteiger partial charge is 0.343 e. The highest BCUT2D eigenvalue weighted by atomic mass is 32.1. The highest BCUT2D eigenvalue weighted by Gasteiger charge is 2.30. The second-order valence-electron chi connectivity index (χ2n) is 8.16. The van der Waals surface area contributed by atoms with Crippen LogP contribution in [0, 0.1) is 0 Å². The number of carbonyl (C=O) groups excluding carboxylic acids is 2. The van der Waals surface area contributed by atoms with E-state index in [0.29, 0.717) is 36.3 Å². The molecule has 178 valence electrons. The first-order chi connectivity index (χ1) is 16.3. The van der Waals surface area contributed by atoms with E-state index in [9.17, 15) is 22.8 Å². The lowest BCUT2D eigenvalue weighted by atomic mass is 9.97. The zero-order chi connectivity index (χ0) is 24.3. The van der Waals surface area contributed by atoms with E-state index >= 15 is 0 Å². The summed E-state index contributed by atoms with van der Waals surface area (Å²) in [5, 5.41) is 5.36. The Bertz CT molecular complexity index is 1180. The van der Waals surface area contributed by atoms with Crippen LogP contribution in [0.25, 0.3) is 11.1 Å². The van der Waals surface area contributed by atoms with Crippen molar-refractivity contribution in [1.29, 1.82) is 0 Å². The Balaban J connectivity index is 1.48. The predicted molar refractivity (Wildman–Crippen MR) is 126 cm³/mol. The molecule has 2 aromatic carbocycles. The molecule has 2 heterocycles. The normalized spacial score (nSPS) is 14.8. The SMILES string of the molecule is CCC(=O)N1CCC(c2nc(C(=O)Nc3ccccc3-c3cccc(C(F)(F)F)c3)cs2)CC1. The van der Waals surface area contributed by atoms with Gasteiger partial charge in [0, 0.05) is 42.1 Å². The van der Waals surface area contributed by atoms with Crippen LogP contribution in [0.2, 0.25) is 0 Å². The van der Waals surface area contributed by atoms with Crippen molar-refractivity contribution in [3.63, 3.8) is 0 Å². The molecule has 0 aliphatic carbocycles. The van der Waals surface area contributed by atoms with Crippen LogP contribution in [-0.4, -0.2) is 34.8 Å². The summed E-state index contributed by atoms with van der Waals surface area (Å²) in [6.07, 6.45) is -2.35. The van der Waals surface area contributed by atoms with Gasteiger partial charge in [-0.05, 0) is 36.6 Å². The quantitative estimate of drug-likeness (QED) is 0.466. The Morgan fingerprint density at radius 1 is 1.12 bits per heavy atom. The minimum absolute atomic E-state index is 0.150. The number of nitrogens with zero attached hydrogens (tertiary/aromatic N) is 2. The maximum Gasteiger partial charge on any atom is 0.416 e. The lowest BCUT2D eigenvalue weighted by Crippen LogP contribution is -2.37. The number of aromatic nitrogens is 1. The molecule has 1 N–H and O–H groups in total. The topological polar surface area (TPSA) is 62.3 Å². The molecule has 1 fully saturated rings. The van der Waals surface area contributed by atoms with Gasteiger partial charge in [0.25, 0.3) is 5.91 Å². The molecule has 5 nitrogen and oxygen atoms in total. The molecular weight excluding hydrogens is 463 g/mol. The molecule has 4 rings (SSSR count). The van der Waals surface area contributed by atoms with Crippen molar-refractivity contribution in [2.45, 2.75) is 38.3 Å². The maximum absolute atomic E-state index is 13.2. The van der Waals surface area contributed by atoms with Crippen LogP contribution in [-0.2, 0) is 11.0 Å². The van der Waals surface area contributed by atoms with Crippen molar-refractivity contribution >= 4 is 28.8 Å². The lowest BCUT2D eigenvalue weighted by Gasteiger charge is -2.30. The molecule has 0 saturated carbocycles. The van der Waals surface area contributed by atoms with Gasteiger partial charge in [-0.2, -0.15) is 13.2 Å². The van der Waals surface area contributed by atoms with Gasteiger partial charge >= 0.3 is 6.18 Å². The Labute approximate surface area is 199 Å². The van der Waals surface area contributed by atoms with E-state index < -0.39 is 17.6 Å². The molecular formula is C25H24F3N3O2S. The van der Waals surface area contributed by atoms with E-state index in [4.69, 9.17) is 0 Å². The number of thiazole rings is 1. The average molecular weight is 488 g/mol. The third-order valence-electron chi connectivity index (χ3n) is 5.93. The number of hydrogen-bond donors (Lipinski definition) is 1. The highest BCUT2D eigenvalue weighted by molar-refractivity contribution is 7.10. The first kappa shape index (κ1) is 23.9. The highest BCUT2D eigenvalue weighted by Crippen LogP contribution is 2.35. The van der Waals surface area contributed by atoms with Crippen molar-refractivity contribution in [1.82, 2.24) is 9.88 Å². The number of carbonyl (C=O) groups is 2. The molecule has 0 radical (unpaired) electrons. The van der Waals surface area contributed by atoms with Gasteiger partial charge in [0.2, 0.25) is 5.91 Å². The molecule has 1 saturated heterocycles. The number of likely N-dealkylation sites (tertiary alicyclic amines) is 1. The van der Waals surface area contributed by atoms with E-state index in [1.807, 2.05) is 11.8 Å². The van der Waals surface area contributed by atoms with E-state index in [-0.39, 0.29) is 17.5 Å². The summed E-state index contributed by atoms with van der Waals surface area (Å²) in [6, 6.07) is 11.8. The second-order valence-corrected chi connectivity index (χ2v) is 9.05. The van der Waals surface area contributed by atoms with E-state index in [1.165, 1.54) is 17.4 Å². The van der Waals surface area contributed by atoms with Gasteiger partial charge in [-0.3, -0.25) is 9.59 Å². The first-order valence-corrected chi connectivity index (χ1v) is 12.0. The molecule has 0 unspecified atom stereocenters. The van der Waals surface area contributed by atoms with Crippen LogP contribution in [0.5, 0.6) is 0 Å². The Hall–Kier alpha value is -3.20. The summed E-state index contributed by atoms with van der Waals surface area (Å²) in [5.74, 6) is -0.0672. The summed E-state index contributed by atoms with van der Waals surface area (Å²) < 4.78 is 39.5. The van der Waals surface area contributed by atoms with Crippen molar-refractivity contribution in [2.24, 2.45) is 0 Å². The van der Waals surface area contributed by atoms with Gasteiger partial charge in [0.05, 0.1) is 10.6 Å². The summed E-state index contributed by atoms with van der Waals surface area (Å²) in [5.41, 5.74) is 0.782. The maximum atomic E-state index is 13.2. The molecule has 34 heavy (non-hydrogen) atoms. The second kappa shape index (κ2) is 9.97. The Morgan fingerprint density at radius 2 is 1.85 bits per heavy atom. The minimum Gasteiger partial charge on any atom is -0.343 e. The van der Waals surface area contributed by atoms with Crippen molar-refractivity contribution in [3.05, 3.63) is 70.2 Å². The van der Waals surface area contributed by atoms with Crippen LogP contribution >= 0.6 is 11.3 Å². The lowest BCUT2D eigenvalue weighted by molar-refractivity contribution is -0.137. The molecule has 1 aliphatic rings. The van der Waals surface area contributed by atoms with Crippen LogP contribution in [0.1, 0.15) is 53.2 Å². The molecule has 1 aromatic heterocycles. The van der Waals surface area contributed by atoms with Gasteiger partial charge in [-0.25, -0.2) is 4.98 Å². The number of rotatable bonds is 5. The van der Waals surface area contributed by atoms with Crippen LogP contribution < -0.4 is 5.32 Å². The van der Waals surface area contributed by atoms with Crippen LogP contribution in [0.15, 0.2) is 53.9 Å². The number of piperidine rings is 1. The third-order valence-corrected chi connectivity index (χ3v) is 6.94. The number of alkyl halides is 3. The molecule has 3 aromatic rings.